The maximum Gasteiger partial charge on any atom is 0.154 e. The molecular weight excluding hydrogens is 370 g/mol. The number of anilines is 2. The molecule has 1 aliphatic heterocycles. The van der Waals surface area contributed by atoms with Gasteiger partial charge in [-0.05, 0) is 35.6 Å². The van der Waals surface area contributed by atoms with E-state index >= 15 is 0 Å². The molecule has 0 aromatic heterocycles. The van der Waals surface area contributed by atoms with E-state index in [-0.39, 0.29) is 23.4 Å². The average molecular weight is 384 g/mol. The van der Waals surface area contributed by atoms with Crippen molar-refractivity contribution in [2.24, 2.45) is 0 Å². The zero-order chi connectivity index (χ0) is 13.5. The van der Waals surface area contributed by atoms with Gasteiger partial charge in [-0.1, -0.05) is 0 Å². The SMILES string of the molecule is CC1CS(=O)(=O)CCN1c1cc(F)c(I)cc1N. The van der Waals surface area contributed by atoms with Crippen LogP contribution in [0, 0.1) is 9.39 Å². The number of benzene rings is 1. The molecule has 0 amide bonds. The molecule has 2 rings (SSSR count). The Bertz CT molecular complexity index is 577. The Morgan fingerprint density at radius 1 is 1.50 bits per heavy atom. The normalized spacial score (nSPS) is 23.1. The number of nitrogen functional groups attached to an aromatic ring is 1. The van der Waals surface area contributed by atoms with E-state index in [2.05, 4.69) is 0 Å². The summed E-state index contributed by atoms with van der Waals surface area (Å²) in [5, 5.41) is 0. The van der Waals surface area contributed by atoms with Crippen LogP contribution in [0.25, 0.3) is 0 Å². The minimum Gasteiger partial charge on any atom is -0.397 e. The lowest BCUT2D eigenvalue weighted by molar-refractivity contribution is 0.567. The minimum atomic E-state index is -2.98. The van der Waals surface area contributed by atoms with Crippen molar-refractivity contribution in [1.82, 2.24) is 0 Å². The molecular formula is C11H14FIN2O2S. The molecule has 1 atom stereocenters. The van der Waals surface area contributed by atoms with Gasteiger partial charge in [-0.25, -0.2) is 12.8 Å². The van der Waals surface area contributed by atoms with E-state index in [1.54, 1.807) is 6.07 Å². The van der Waals surface area contributed by atoms with Gasteiger partial charge in [0.1, 0.15) is 5.82 Å². The van der Waals surface area contributed by atoms with Crippen LogP contribution in [0.1, 0.15) is 6.92 Å². The Hall–Kier alpha value is -0.570. The van der Waals surface area contributed by atoms with Gasteiger partial charge in [-0.2, -0.15) is 0 Å². The largest absolute Gasteiger partial charge is 0.397 e. The number of sulfone groups is 1. The molecule has 1 unspecified atom stereocenters. The first-order valence-electron chi connectivity index (χ1n) is 5.52. The summed E-state index contributed by atoms with van der Waals surface area (Å²) in [6.07, 6.45) is 0. The summed E-state index contributed by atoms with van der Waals surface area (Å²) in [6.45, 7) is 2.17. The first-order chi connectivity index (χ1) is 8.30. The fraction of sp³-hybridized carbons (Fsp3) is 0.455. The Balaban J connectivity index is 2.36. The quantitative estimate of drug-likeness (QED) is 0.591. The number of nitrogens with two attached hydrogens (primary N) is 1. The van der Waals surface area contributed by atoms with Crippen molar-refractivity contribution >= 4 is 43.8 Å². The van der Waals surface area contributed by atoms with Crippen molar-refractivity contribution in [1.29, 1.82) is 0 Å². The van der Waals surface area contributed by atoms with Gasteiger partial charge in [0.2, 0.25) is 0 Å². The first kappa shape index (κ1) is 13.9. The van der Waals surface area contributed by atoms with Crippen LogP contribution in [-0.4, -0.2) is 32.5 Å². The lowest BCUT2D eigenvalue weighted by atomic mass is 10.2. The molecule has 1 aromatic rings. The van der Waals surface area contributed by atoms with Crippen molar-refractivity contribution in [2.45, 2.75) is 13.0 Å². The Kier molecular flexibility index (Phi) is 3.72. The first-order valence-corrected chi connectivity index (χ1v) is 8.42. The molecule has 4 nitrogen and oxygen atoms in total. The van der Waals surface area contributed by atoms with Crippen LogP contribution in [0.3, 0.4) is 0 Å². The van der Waals surface area contributed by atoms with Gasteiger partial charge in [0.15, 0.2) is 9.84 Å². The molecule has 1 aromatic carbocycles. The predicted octanol–water partition coefficient (Wildman–Crippen LogP) is 1.64. The van der Waals surface area contributed by atoms with E-state index in [0.717, 1.165) is 0 Å². The second kappa shape index (κ2) is 4.84. The number of halogens is 2. The number of rotatable bonds is 1. The molecule has 0 spiro atoms. The van der Waals surface area contributed by atoms with Crippen molar-refractivity contribution in [2.75, 3.05) is 28.7 Å². The highest BCUT2D eigenvalue weighted by molar-refractivity contribution is 14.1. The summed E-state index contributed by atoms with van der Waals surface area (Å²) < 4.78 is 37.1. The lowest BCUT2D eigenvalue weighted by Crippen LogP contribution is -2.47. The number of hydrogen-bond donors (Lipinski definition) is 1. The Morgan fingerprint density at radius 3 is 2.78 bits per heavy atom. The van der Waals surface area contributed by atoms with Crippen molar-refractivity contribution in [3.63, 3.8) is 0 Å². The zero-order valence-electron chi connectivity index (χ0n) is 9.86. The van der Waals surface area contributed by atoms with E-state index in [4.69, 9.17) is 5.73 Å². The maximum absolute atomic E-state index is 13.6. The standard InChI is InChI=1S/C11H14FIN2O2S/c1-7-6-18(16,17)3-2-15(7)11-4-8(12)9(13)5-10(11)14/h4-5,7H,2-3,6,14H2,1H3. The molecule has 0 radical (unpaired) electrons. The highest BCUT2D eigenvalue weighted by Crippen LogP contribution is 2.30. The van der Waals surface area contributed by atoms with Gasteiger partial charge >= 0.3 is 0 Å². The average Bonchev–Trinajstić information content (AvgIpc) is 2.23. The molecule has 0 aliphatic carbocycles. The summed E-state index contributed by atoms with van der Waals surface area (Å²) in [6, 6.07) is 2.76. The molecule has 0 saturated carbocycles. The Morgan fingerprint density at radius 2 is 2.17 bits per heavy atom. The van der Waals surface area contributed by atoms with Gasteiger partial charge < -0.3 is 10.6 Å². The molecule has 2 N–H and O–H groups in total. The summed E-state index contributed by atoms with van der Waals surface area (Å²) in [5.74, 6) is -0.162. The van der Waals surface area contributed by atoms with E-state index in [0.29, 0.717) is 21.5 Å². The molecule has 1 heterocycles. The van der Waals surface area contributed by atoms with E-state index in [1.807, 2.05) is 34.4 Å². The summed E-state index contributed by atoms with van der Waals surface area (Å²) >= 11 is 1.88. The summed E-state index contributed by atoms with van der Waals surface area (Å²) in [5.41, 5.74) is 6.95. The third kappa shape index (κ3) is 2.71. The van der Waals surface area contributed by atoms with Crippen LogP contribution in [0.2, 0.25) is 0 Å². The van der Waals surface area contributed by atoms with Crippen molar-refractivity contribution < 1.29 is 12.8 Å². The van der Waals surface area contributed by atoms with Crippen molar-refractivity contribution in [3.05, 3.63) is 21.5 Å². The topological polar surface area (TPSA) is 63.4 Å². The molecule has 7 heteroatoms. The predicted molar refractivity (Wildman–Crippen MR) is 79.0 cm³/mol. The molecule has 1 saturated heterocycles. The van der Waals surface area contributed by atoms with Crippen LogP contribution in [0.4, 0.5) is 15.8 Å². The zero-order valence-corrected chi connectivity index (χ0v) is 12.8. The molecule has 0 bridgehead atoms. The molecule has 1 fully saturated rings. The summed E-state index contributed by atoms with van der Waals surface area (Å²) in [4.78, 5) is 1.86. The minimum absolute atomic E-state index is 0.0834. The van der Waals surface area contributed by atoms with Crippen LogP contribution in [0.5, 0.6) is 0 Å². The van der Waals surface area contributed by atoms with Gasteiger partial charge in [-0.15, -0.1) is 0 Å². The van der Waals surface area contributed by atoms with E-state index in [1.165, 1.54) is 6.07 Å². The highest BCUT2D eigenvalue weighted by atomic mass is 127. The fourth-order valence-corrected chi connectivity index (χ4v) is 4.20. The van der Waals surface area contributed by atoms with Gasteiger partial charge in [-0.3, -0.25) is 0 Å². The second-order valence-corrected chi connectivity index (χ2v) is 7.87. The fourth-order valence-electron chi connectivity index (χ4n) is 2.16. The van der Waals surface area contributed by atoms with Gasteiger partial charge in [0, 0.05) is 18.7 Å². The molecule has 18 heavy (non-hydrogen) atoms. The second-order valence-electron chi connectivity index (χ2n) is 4.48. The smallest absolute Gasteiger partial charge is 0.154 e. The summed E-state index contributed by atoms with van der Waals surface area (Å²) in [7, 11) is -2.98. The molecule has 1 aliphatic rings. The van der Waals surface area contributed by atoms with Crippen LogP contribution in [-0.2, 0) is 9.84 Å². The van der Waals surface area contributed by atoms with E-state index in [9.17, 15) is 12.8 Å². The van der Waals surface area contributed by atoms with Crippen LogP contribution < -0.4 is 10.6 Å². The third-order valence-corrected chi connectivity index (χ3v) is 5.67. The monoisotopic (exact) mass is 384 g/mol. The van der Waals surface area contributed by atoms with Crippen molar-refractivity contribution in [3.8, 4) is 0 Å². The number of hydrogen-bond acceptors (Lipinski definition) is 4. The lowest BCUT2D eigenvalue weighted by Gasteiger charge is -2.35. The van der Waals surface area contributed by atoms with Crippen LogP contribution in [0.15, 0.2) is 12.1 Å². The van der Waals surface area contributed by atoms with E-state index < -0.39 is 9.84 Å². The molecule has 100 valence electrons. The third-order valence-electron chi connectivity index (χ3n) is 3.05. The van der Waals surface area contributed by atoms with Gasteiger partial charge in [0.05, 0.1) is 26.5 Å². The van der Waals surface area contributed by atoms with Crippen LogP contribution >= 0.6 is 22.6 Å². The van der Waals surface area contributed by atoms with Gasteiger partial charge in [0.25, 0.3) is 0 Å². The Labute approximate surface area is 119 Å². The maximum atomic E-state index is 13.6. The number of nitrogens with zero attached hydrogens (tertiary/aromatic N) is 1. The highest BCUT2D eigenvalue weighted by Gasteiger charge is 2.29.